The molecule has 3 heteroatoms. The first-order valence-corrected chi connectivity index (χ1v) is 7.47. The van der Waals surface area contributed by atoms with Crippen LogP contribution >= 0.6 is 11.6 Å². The van der Waals surface area contributed by atoms with Gasteiger partial charge in [0, 0.05) is 17.5 Å². The molecule has 0 bridgehead atoms. The fourth-order valence-electron chi connectivity index (χ4n) is 1.95. The highest BCUT2D eigenvalue weighted by molar-refractivity contribution is 6.31. The summed E-state index contributed by atoms with van der Waals surface area (Å²) in [7, 11) is 0. The molecular weight excluding hydrogens is 258 g/mol. The Hall–Kier alpha value is -0.730. The fraction of sp³-hybridized carbons (Fsp3) is 0.625. The van der Waals surface area contributed by atoms with Gasteiger partial charge in [0.15, 0.2) is 0 Å². The highest BCUT2D eigenvalue weighted by Gasteiger charge is 2.11. The van der Waals surface area contributed by atoms with Crippen LogP contribution in [0, 0.1) is 12.8 Å². The molecule has 0 aliphatic carbocycles. The first-order chi connectivity index (χ1) is 8.95. The smallest absolute Gasteiger partial charge is 0.122 e. The van der Waals surface area contributed by atoms with Gasteiger partial charge in [0.1, 0.15) is 5.75 Å². The Morgan fingerprint density at radius 1 is 1.26 bits per heavy atom. The van der Waals surface area contributed by atoms with Crippen molar-refractivity contribution in [3.05, 3.63) is 28.3 Å². The lowest BCUT2D eigenvalue weighted by Crippen LogP contribution is -2.24. The minimum absolute atomic E-state index is 0.412. The summed E-state index contributed by atoms with van der Waals surface area (Å²) in [5.74, 6) is 1.86. The van der Waals surface area contributed by atoms with Crippen molar-refractivity contribution in [3.63, 3.8) is 0 Å². The van der Waals surface area contributed by atoms with Crippen molar-refractivity contribution in [2.24, 2.45) is 5.92 Å². The fourth-order valence-corrected chi connectivity index (χ4v) is 2.38. The molecule has 0 amide bonds. The van der Waals surface area contributed by atoms with Crippen molar-refractivity contribution in [2.45, 2.75) is 40.5 Å². The predicted molar refractivity (Wildman–Crippen MR) is 83.5 cm³/mol. The summed E-state index contributed by atoms with van der Waals surface area (Å²) in [6, 6.07) is 4.09. The zero-order valence-corrected chi connectivity index (χ0v) is 13.5. The van der Waals surface area contributed by atoms with E-state index < -0.39 is 0 Å². The quantitative estimate of drug-likeness (QED) is 0.801. The summed E-state index contributed by atoms with van der Waals surface area (Å²) < 4.78 is 5.94. The number of hydrogen-bond acceptors (Lipinski definition) is 2. The third-order valence-corrected chi connectivity index (χ3v) is 3.51. The molecule has 2 nitrogen and oxygen atoms in total. The second kappa shape index (κ2) is 7.76. The van der Waals surface area contributed by atoms with Crippen LogP contribution in [-0.4, -0.2) is 19.7 Å². The largest absolute Gasteiger partial charge is 0.493 e. The van der Waals surface area contributed by atoms with E-state index in [0.717, 1.165) is 41.6 Å². The minimum atomic E-state index is 0.412. The summed E-state index contributed by atoms with van der Waals surface area (Å²) in [6.45, 7) is 13.4. The zero-order chi connectivity index (χ0) is 14.4. The van der Waals surface area contributed by atoms with E-state index in [0.29, 0.717) is 11.8 Å². The van der Waals surface area contributed by atoms with Crippen LogP contribution in [0.4, 0.5) is 0 Å². The number of rotatable bonds is 7. The molecule has 0 aliphatic rings. The maximum absolute atomic E-state index is 6.26. The molecule has 0 heterocycles. The maximum atomic E-state index is 6.26. The van der Waals surface area contributed by atoms with Crippen LogP contribution in [-0.2, 0) is 0 Å². The van der Waals surface area contributed by atoms with Crippen LogP contribution in [0.1, 0.15) is 44.7 Å². The third kappa shape index (κ3) is 5.04. The maximum Gasteiger partial charge on any atom is 0.122 e. The minimum Gasteiger partial charge on any atom is -0.493 e. The standard InChI is InChI=1S/C16H26ClNO/c1-6-18-9-12(4)10-19-16-8-14(11(2)3)15(17)7-13(16)5/h7-8,11-12,18H,6,9-10H2,1-5H3. The molecule has 1 atom stereocenters. The Bertz CT molecular complexity index is 404. The normalized spacial score (nSPS) is 12.8. The number of nitrogens with one attached hydrogen (secondary N) is 1. The van der Waals surface area contributed by atoms with Crippen LogP contribution in [0.15, 0.2) is 12.1 Å². The van der Waals surface area contributed by atoms with Crippen LogP contribution < -0.4 is 10.1 Å². The summed E-state index contributed by atoms with van der Waals surface area (Å²) in [5, 5.41) is 4.17. The molecule has 0 saturated carbocycles. The van der Waals surface area contributed by atoms with Crippen molar-refractivity contribution in [3.8, 4) is 5.75 Å². The Labute approximate surface area is 122 Å². The van der Waals surface area contributed by atoms with Gasteiger partial charge >= 0.3 is 0 Å². The Kier molecular flexibility index (Phi) is 6.67. The lowest BCUT2D eigenvalue weighted by atomic mass is 10.0. The third-order valence-electron chi connectivity index (χ3n) is 3.18. The molecule has 0 saturated heterocycles. The molecule has 1 aromatic carbocycles. The van der Waals surface area contributed by atoms with E-state index in [2.05, 4.69) is 39.1 Å². The second-order valence-electron chi connectivity index (χ2n) is 5.52. The highest BCUT2D eigenvalue weighted by atomic mass is 35.5. The Morgan fingerprint density at radius 3 is 2.53 bits per heavy atom. The first-order valence-electron chi connectivity index (χ1n) is 7.09. The summed E-state index contributed by atoms with van der Waals surface area (Å²) in [4.78, 5) is 0. The number of aryl methyl sites for hydroxylation is 1. The van der Waals surface area contributed by atoms with Crippen LogP contribution in [0.5, 0.6) is 5.75 Å². The molecule has 0 spiro atoms. The molecule has 1 aromatic rings. The van der Waals surface area contributed by atoms with Crippen molar-refractivity contribution in [2.75, 3.05) is 19.7 Å². The molecule has 1 rings (SSSR count). The predicted octanol–water partition coefficient (Wildman–Crippen LogP) is 4.40. The molecule has 19 heavy (non-hydrogen) atoms. The molecule has 0 aliphatic heterocycles. The van der Waals surface area contributed by atoms with E-state index in [4.69, 9.17) is 16.3 Å². The molecule has 0 fully saturated rings. The molecule has 0 aromatic heterocycles. The van der Waals surface area contributed by atoms with Gasteiger partial charge in [-0.1, -0.05) is 39.3 Å². The van der Waals surface area contributed by atoms with Gasteiger partial charge in [-0.3, -0.25) is 0 Å². The van der Waals surface area contributed by atoms with E-state index in [-0.39, 0.29) is 0 Å². The van der Waals surface area contributed by atoms with E-state index in [1.807, 2.05) is 13.0 Å². The van der Waals surface area contributed by atoms with Crippen LogP contribution in [0.2, 0.25) is 5.02 Å². The monoisotopic (exact) mass is 283 g/mol. The number of benzene rings is 1. The zero-order valence-electron chi connectivity index (χ0n) is 12.7. The molecular formula is C16H26ClNO. The molecule has 0 radical (unpaired) electrons. The van der Waals surface area contributed by atoms with Crippen molar-refractivity contribution >= 4 is 11.6 Å². The second-order valence-corrected chi connectivity index (χ2v) is 5.92. The van der Waals surface area contributed by atoms with Crippen molar-refractivity contribution < 1.29 is 4.74 Å². The molecule has 108 valence electrons. The van der Waals surface area contributed by atoms with Gasteiger partial charge in [-0.05, 0) is 42.6 Å². The van der Waals surface area contributed by atoms with E-state index in [9.17, 15) is 0 Å². The van der Waals surface area contributed by atoms with Crippen molar-refractivity contribution in [1.82, 2.24) is 5.32 Å². The van der Waals surface area contributed by atoms with Crippen LogP contribution in [0.25, 0.3) is 0 Å². The van der Waals surface area contributed by atoms with E-state index in [1.165, 1.54) is 0 Å². The lowest BCUT2D eigenvalue weighted by Gasteiger charge is -2.17. The molecule has 1 N–H and O–H groups in total. The van der Waals surface area contributed by atoms with Crippen LogP contribution in [0.3, 0.4) is 0 Å². The Balaban J connectivity index is 2.70. The number of ether oxygens (including phenoxy) is 1. The van der Waals surface area contributed by atoms with Gasteiger partial charge in [-0.2, -0.15) is 0 Å². The topological polar surface area (TPSA) is 21.3 Å². The van der Waals surface area contributed by atoms with Gasteiger partial charge in [-0.15, -0.1) is 0 Å². The van der Waals surface area contributed by atoms with Gasteiger partial charge in [-0.25, -0.2) is 0 Å². The number of hydrogen-bond donors (Lipinski definition) is 1. The summed E-state index contributed by atoms with van der Waals surface area (Å²) in [5.41, 5.74) is 2.26. The van der Waals surface area contributed by atoms with Crippen molar-refractivity contribution in [1.29, 1.82) is 0 Å². The number of halogens is 1. The highest BCUT2D eigenvalue weighted by Crippen LogP contribution is 2.31. The SMILES string of the molecule is CCNCC(C)COc1cc(C(C)C)c(Cl)cc1C. The first kappa shape index (κ1) is 16.3. The molecule has 1 unspecified atom stereocenters. The van der Waals surface area contributed by atoms with Gasteiger partial charge < -0.3 is 10.1 Å². The summed E-state index contributed by atoms with van der Waals surface area (Å²) >= 11 is 6.26. The van der Waals surface area contributed by atoms with Gasteiger partial charge in [0.05, 0.1) is 6.61 Å². The lowest BCUT2D eigenvalue weighted by molar-refractivity contribution is 0.255. The van der Waals surface area contributed by atoms with E-state index >= 15 is 0 Å². The van der Waals surface area contributed by atoms with Gasteiger partial charge in [0.2, 0.25) is 0 Å². The summed E-state index contributed by atoms with van der Waals surface area (Å²) in [6.07, 6.45) is 0. The Morgan fingerprint density at radius 2 is 1.95 bits per heavy atom. The van der Waals surface area contributed by atoms with E-state index in [1.54, 1.807) is 0 Å². The van der Waals surface area contributed by atoms with Gasteiger partial charge in [0.25, 0.3) is 0 Å². The average molecular weight is 284 g/mol. The average Bonchev–Trinajstić information content (AvgIpc) is 2.34.